The Balaban J connectivity index is 1.64. The van der Waals surface area contributed by atoms with E-state index in [4.69, 9.17) is 4.74 Å². The number of carbonyl (C=O) groups excluding carboxylic acids is 3. The normalized spacial score (nSPS) is 15.7. The molecular weight excluding hydrogens is 376 g/mol. The molecule has 0 aliphatic carbocycles. The fourth-order valence-corrected chi connectivity index (χ4v) is 3.33. The Morgan fingerprint density at radius 3 is 2.48 bits per heavy atom. The summed E-state index contributed by atoms with van der Waals surface area (Å²) in [7, 11) is 0. The van der Waals surface area contributed by atoms with Gasteiger partial charge in [0.1, 0.15) is 12.6 Å². The minimum atomic E-state index is -0.819. The topological polar surface area (TPSA) is 107 Å². The van der Waals surface area contributed by atoms with Crippen LogP contribution in [0, 0.1) is 10.1 Å². The van der Waals surface area contributed by atoms with E-state index in [1.807, 2.05) is 30.3 Å². The molecule has 0 saturated carbocycles. The van der Waals surface area contributed by atoms with Gasteiger partial charge in [-0.25, -0.2) is 4.79 Å². The van der Waals surface area contributed by atoms with Crippen molar-refractivity contribution in [2.75, 3.05) is 6.54 Å². The molecule has 0 aromatic heterocycles. The summed E-state index contributed by atoms with van der Waals surface area (Å²) < 4.78 is 5.31. The van der Waals surface area contributed by atoms with Gasteiger partial charge in [0.25, 0.3) is 11.6 Å². The van der Waals surface area contributed by atoms with Crippen LogP contribution in [-0.4, -0.2) is 40.1 Å². The number of likely N-dealkylation sites (tertiary alicyclic amines) is 1. The minimum absolute atomic E-state index is 0.0857. The molecule has 2 aromatic rings. The highest BCUT2D eigenvalue weighted by molar-refractivity contribution is 6.37. The number of nitro groups is 1. The quantitative estimate of drug-likeness (QED) is 0.308. The van der Waals surface area contributed by atoms with Crippen LogP contribution in [0.15, 0.2) is 54.6 Å². The van der Waals surface area contributed by atoms with Crippen LogP contribution < -0.4 is 0 Å². The Kier molecular flexibility index (Phi) is 6.33. The zero-order valence-electron chi connectivity index (χ0n) is 15.7. The first-order valence-electron chi connectivity index (χ1n) is 9.24. The molecule has 0 unspecified atom stereocenters. The number of hydrogen-bond donors (Lipinski definition) is 0. The van der Waals surface area contributed by atoms with Crippen molar-refractivity contribution in [3.8, 4) is 0 Å². The summed E-state index contributed by atoms with van der Waals surface area (Å²) in [6, 6.07) is 14.1. The maximum Gasteiger partial charge on any atom is 0.329 e. The highest BCUT2D eigenvalue weighted by Crippen LogP contribution is 2.22. The third-order valence-electron chi connectivity index (χ3n) is 4.79. The van der Waals surface area contributed by atoms with Crippen molar-refractivity contribution in [1.82, 2.24) is 4.90 Å². The zero-order chi connectivity index (χ0) is 20.8. The predicted molar refractivity (Wildman–Crippen MR) is 103 cm³/mol. The van der Waals surface area contributed by atoms with E-state index in [9.17, 15) is 24.5 Å². The van der Waals surface area contributed by atoms with Gasteiger partial charge in [-0.05, 0) is 18.4 Å². The first-order valence-corrected chi connectivity index (χ1v) is 9.24. The van der Waals surface area contributed by atoms with E-state index in [0.717, 1.165) is 5.56 Å². The van der Waals surface area contributed by atoms with E-state index in [1.54, 1.807) is 6.07 Å². The van der Waals surface area contributed by atoms with Crippen LogP contribution in [0.25, 0.3) is 0 Å². The standard InChI is InChI=1S/C21H20N2O6/c24-19(13-16-9-4-5-10-17(16)23(27)28)20(25)22-12-6-11-18(22)21(26)29-14-15-7-2-1-3-8-15/h1-5,7-10,18H,6,11-14H2/t18-/m0/s1. The second-order valence-corrected chi connectivity index (χ2v) is 6.74. The molecule has 0 N–H and O–H groups in total. The summed E-state index contributed by atoms with van der Waals surface area (Å²) >= 11 is 0. The lowest BCUT2D eigenvalue weighted by atomic mass is 10.1. The smallest absolute Gasteiger partial charge is 0.329 e. The molecule has 1 aliphatic heterocycles. The number of amides is 1. The van der Waals surface area contributed by atoms with E-state index >= 15 is 0 Å². The number of Topliss-reactive ketones (excluding diaryl/α,β-unsaturated/α-hetero) is 1. The highest BCUT2D eigenvalue weighted by atomic mass is 16.6. The largest absolute Gasteiger partial charge is 0.459 e. The molecule has 8 nitrogen and oxygen atoms in total. The van der Waals surface area contributed by atoms with E-state index in [-0.39, 0.29) is 24.4 Å². The van der Waals surface area contributed by atoms with Gasteiger partial charge in [-0.3, -0.25) is 19.7 Å². The predicted octanol–water partition coefficient (Wildman–Crippen LogP) is 2.44. The maximum absolute atomic E-state index is 12.6. The molecule has 0 spiro atoms. The third kappa shape index (κ3) is 4.84. The van der Waals surface area contributed by atoms with Gasteiger partial charge in [0.15, 0.2) is 0 Å². The van der Waals surface area contributed by atoms with Crippen LogP contribution in [0.5, 0.6) is 0 Å². The Morgan fingerprint density at radius 2 is 1.76 bits per heavy atom. The van der Waals surface area contributed by atoms with Crippen molar-refractivity contribution in [2.45, 2.75) is 31.9 Å². The number of hydrogen-bond acceptors (Lipinski definition) is 6. The molecule has 1 heterocycles. The molecule has 1 atom stereocenters. The maximum atomic E-state index is 12.6. The fraction of sp³-hybridized carbons (Fsp3) is 0.286. The number of benzene rings is 2. The molecule has 150 valence electrons. The van der Waals surface area contributed by atoms with Gasteiger partial charge in [-0.1, -0.05) is 48.5 Å². The second-order valence-electron chi connectivity index (χ2n) is 6.74. The number of carbonyl (C=O) groups is 3. The van der Waals surface area contributed by atoms with Crippen molar-refractivity contribution >= 4 is 23.3 Å². The summed E-state index contributed by atoms with van der Waals surface area (Å²) in [4.78, 5) is 49.2. The summed E-state index contributed by atoms with van der Waals surface area (Å²) in [6.07, 6.45) is 0.603. The lowest BCUT2D eigenvalue weighted by Crippen LogP contribution is -2.45. The van der Waals surface area contributed by atoms with Gasteiger partial charge in [-0.2, -0.15) is 0 Å². The monoisotopic (exact) mass is 396 g/mol. The zero-order valence-corrected chi connectivity index (χ0v) is 15.7. The van der Waals surface area contributed by atoms with Crippen molar-refractivity contribution in [3.63, 3.8) is 0 Å². The summed E-state index contributed by atoms with van der Waals surface area (Å²) in [5.41, 5.74) is 0.774. The molecular formula is C21H20N2O6. The van der Waals surface area contributed by atoms with Gasteiger partial charge in [0.05, 0.1) is 4.92 Å². The van der Waals surface area contributed by atoms with Crippen LogP contribution in [0.1, 0.15) is 24.0 Å². The van der Waals surface area contributed by atoms with Crippen molar-refractivity contribution in [1.29, 1.82) is 0 Å². The average molecular weight is 396 g/mol. The molecule has 1 amide bonds. The van der Waals surface area contributed by atoms with Crippen LogP contribution >= 0.6 is 0 Å². The van der Waals surface area contributed by atoms with Crippen LogP contribution in [0.3, 0.4) is 0 Å². The van der Waals surface area contributed by atoms with Gasteiger partial charge in [-0.15, -0.1) is 0 Å². The van der Waals surface area contributed by atoms with Gasteiger partial charge < -0.3 is 9.64 Å². The number of ether oxygens (including phenoxy) is 1. The van der Waals surface area contributed by atoms with Crippen molar-refractivity contribution in [3.05, 3.63) is 75.8 Å². The van der Waals surface area contributed by atoms with Crippen molar-refractivity contribution in [2.24, 2.45) is 0 Å². The fourth-order valence-electron chi connectivity index (χ4n) is 3.33. The average Bonchev–Trinajstić information content (AvgIpc) is 3.22. The summed E-state index contributed by atoms with van der Waals surface area (Å²) in [6.45, 7) is 0.356. The number of nitro benzene ring substituents is 1. The van der Waals surface area contributed by atoms with Crippen LogP contribution in [0.4, 0.5) is 5.69 Å². The molecule has 8 heteroatoms. The first-order chi connectivity index (χ1) is 14.0. The Labute approximate surface area is 167 Å². The molecule has 3 rings (SSSR count). The van der Waals surface area contributed by atoms with Crippen LogP contribution in [-0.2, 0) is 32.1 Å². The van der Waals surface area contributed by atoms with E-state index < -0.39 is 35.0 Å². The van der Waals surface area contributed by atoms with Gasteiger partial charge in [0.2, 0.25) is 5.78 Å². The summed E-state index contributed by atoms with van der Waals surface area (Å²) in [5.74, 6) is -2.16. The van der Waals surface area contributed by atoms with Gasteiger partial charge in [0, 0.05) is 24.6 Å². The Morgan fingerprint density at radius 1 is 1.07 bits per heavy atom. The van der Waals surface area contributed by atoms with E-state index in [1.165, 1.54) is 23.1 Å². The Bertz CT molecular complexity index is 928. The molecule has 1 aliphatic rings. The molecule has 0 radical (unpaired) electrons. The molecule has 2 aromatic carbocycles. The molecule has 1 fully saturated rings. The number of nitrogens with zero attached hydrogens (tertiary/aromatic N) is 2. The molecule has 1 saturated heterocycles. The van der Waals surface area contributed by atoms with Crippen LogP contribution in [0.2, 0.25) is 0 Å². The lowest BCUT2D eigenvalue weighted by Gasteiger charge is -2.22. The number of rotatable bonds is 7. The molecule has 29 heavy (non-hydrogen) atoms. The minimum Gasteiger partial charge on any atom is -0.459 e. The third-order valence-corrected chi connectivity index (χ3v) is 4.79. The van der Waals surface area contributed by atoms with Gasteiger partial charge >= 0.3 is 5.97 Å². The second kappa shape index (κ2) is 9.09. The molecule has 0 bridgehead atoms. The lowest BCUT2D eigenvalue weighted by molar-refractivity contribution is -0.385. The summed E-state index contributed by atoms with van der Waals surface area (Å²) in [5, 5.41) is 11.1. The Hall–Kier alpha value is -3.55. The SMILES string of the molecule is O=C(Cc1ccccc1[N+](=O)[O-])C(=O)N1CCC[C@H]1C(=O)OCc1ccccc1. The number of esters is 1. The number of ketones is 1. The first kappa shape index (κ1) is 20.2. The van der Waals surface area contributed by atoms with E-state index in [0.29, 0.717) is 12.8 Å². The van der Waals surface area contributed by atoms with Crippen molar-refractivity contribution < 1.29 is 24.0 Å². The van der Waals surface area contributed by atoms with E-state index in [2.05, 4.69) is 0 Å². The number of para-hydroxylation sites is 1. The highest BCUT2D eigenvalue weighted by Gasteiger charge is 2.38.